The third-order valence-electron chi connectivity index (χ3n) is 2.62. The number of hydrogen-bond donors (Lipinski definition) is 0. The quantitative estimate of drug-likeness (QED) is 0.801. The topological polar surface area (TPSA) is 20.3 Å². The van der Waals surface area contributed by atoms with Crippen molar-refractivity contribution in [2.75, 3.05) is 20.6 Å². The monoisotopic (exact) mass is 311 g/mol. The molecule has 4 heteroatoms. The fourth-order valence-corrected chi connectivity index (χ4v) is 2.98. The van der Waals surface area contributed by atoms with Gasteiger partial charge in [0.15, 0.2) is 5.78 Å². The second-order valence-electron chi connectivity index (χ2n) is 4.27. The summed E-state index contributed by atoms with van der Waals surface area (Å²) >= 11 is 5.08. The van der Waals surface area contributed by atoms with E-state index in [0.717, 1.165) is 22.0 Å². The van der Waals surface area contributed by atoms with Crippen LogP contribution in [0, 0.1) is 0 Å². The van der Waals surface area contributed by atoms with E-state index in [-0.39, 0.29) is 5.78 Å². The van der Waals surface area contributed by atoms with E-state index < -0.39 is 0 Å². The van der Waals surface area contributed by atoms with Crippen LogP contribution in [0.1, 0.15) is 16.8 Å². The number of fused-ring (bicyclic) bond motifs is 1. The molecule has 0 amide bonds. The molecule has 0 saturated heterocycles. The van der Waals surface area contributed by atoms with Gasteiger partial charge in [0.25, 0.3) is 0 Å². The molecule has 1 aromatic heterocycles. The van der Waals surface area contributed by atoms with E-state index >= 15 is 0 Å². The molecule has 0 N–H and O–H groups in total. The molecule has 0 aliphatic heterocycles. The Morgan fingerprint density at radius 2 is 2.18 bits per heavy atom. The molecule has 0 saturated carbocycles. The first kappa shape index (κ1) is 12.7. The molecule has 0 unspecified atom stereocenters. The first-order valence-electron chi connectivity index (χ1n) is 5.42. The summed E-state index contributed by atoms with van der Waals surface area (Å²) in [4.78, 5) is 14.1. The summed E-state index contributed by atoms with van der Waals surface area (Å²) in [6.07, 6.45) is 0.575. The lowest BCUT2D eigenvalue weighted by Gasteiger charge is -2.07. The number of hydrogen-bond acceptors (Lipinski definition) is 3. The summed E-state index contributed by atoms with van der Waals surface area (Å²) in [7, 11) is 3.96. The van der Waals surface area contributed by atoms with Crippen molar-refractivity contribution in [1.29, 1.82) is 0 Å². The lowest BCUT2D eigenvalue weighted by atomic mass is 10.1. The number of carbonyl (C=O) groups is 1. The molecule has 0 radical (unpaired) electrons. The predicted molar refractivity (Wildman–Crippen MR) is 77.0 cm³/mol. The number of Topliss-reactive ketones (excluding diaryl/α,β-unsaturated/α-hetero) is 1. The van der Waals surface area contributed by atoms with E-state index in [9.17, 15) is 4.79 Å². The lowest BCUT2D eigenvalue weighted by molar-refractivity contribution is 0.0974. The smallest absolute Gasteiger partial charge is 0.165 e. The number of carbonyl (C=O) groups excluding carboxylic acids is 1. The zero-order valence-electron chi connectivity index (χ0n) is 9.87. The minimum absolute atomic E-state index is 0.225. The summed E-state index contributed by atoms with van der Waals surface area (Å²) in [5, 5.41) is 3.03. The largest absolute Gasteiger partial charge is 0.309 e. The van der Waals surface area contributed by atoms with Gasteiger partial charge in [-0.25, -0.2) is 0 Å². The van der Waals surface area contributed by atoms with Crippen LogP contribution in [0.5, 0.6) is 0 Å². The predicted octanol–water partition coefficient (Wildman–Crippen LogP) is 3.80. The second kappa shape index (κ2) is 5.29. The van der Waals surface area contributed by atoms with Crippen LogP contribution in [-0.4, -0.2) is 31.3 Å². The average molecular weight is 312 g/mol. The maximum atomic E-state index is 12.1. The van der Waals surface area contributed by atoms with Crippen LogP contribution in [0.2, 0.25) is 0 Å². The highest BCUT2D eigenvalue weighted by Crippen LogP contribution is 2.29. The molecule has 2 rings (SSSR count). The van der Waals surface area contributed by atoms with Gasteiger partial charge in [0.2, 0.25) is 0 Å². The van der Waals surface area contributed by atoms with E-state index in [1.165, 1.54) is 4.70 Å². The van der Waals surface area contributed by atoms with E-state index in [4.69, 9.17) is 0 Å². The lowest BCUT2D eigenvalue weighted by Crippen LogP contribution is -2.16. The van der Waals surface area contributed by atoms with Crippen LogP contribution < -0.4 is 0 Å². The Morgan fingerprint density at radius 3 is 2.88 bits per heavy atom. The van der Waals surface area contributed by atoms with Crippen LogP contribution in [0.25, 0.3) is 10.1 Å². The van der Waals surface area contributed by atoms with Gasteiger partial charge in [-0.2, -0.15) is 0 Å². The number of halogens is 1. The molecular formula is C13H14BrNOS. The standard InChI is InChI=1S/C13H14BrNOS/c1-15(2)6-5-12(16)11-8-17-13-4-3-9(14)7-10(11)13/h3-4,7-8H,5-6H2,1-2H3. The molecular weight excluding hydrogens is 298 g/mol. The third-order valence-corrected chi connectivity index (χ3v) is 4.08. The molecule has 0 atom stereocenters. The van der Waals surface area contributed by atoms with E-state index in [2.05, 4.69) is 15.9 Å². The van der Waals surface area contributed by atoms with Gasteiger partial charge in [-0.05, 0) is 32.3 Å². The van der Waals surface area contributed by atoms with Crippen molar-refractivity contribution in [3.8, 4) is 0 Å². The Hall–Kier alpha value is -0.710. The Morgan fingerprint density at radius 1 is 1.41 bits per heavy atom. The molecule has 1 aromatic carbocycles. The Balaban J connectivity index is 2.29. The van der Waals surface area contributed by atoms with Crippen LogP contribution in [0.4, 0.5) is 0 Å². The Kier molecular flexibility index (Phi) is 3.97. The van der Waals surface area contributed by atoms with Crippen molar-refractivity contribution in [2.45, 2.75) is 6.42 Å². The first-order chi connectivity index (χ1) is 8.08. The molecule has 2 nitrogen and oxygen atoms in total. The minimum atomic E-state index is 0.225. The molecule has 0 aliphatic carbocycles. The summed E-state index contributed by atoms with van der Waals surface area (Å²) in [6.45, 7) is 0.796. The molecule has 2 aromatic rings. The third kappa shape index (κ3) is 2.94. The highest BCUT2D eigenvalue weighted by molar-refractivity contribution is 9.10. The molecule has 0 fully saturated rings. The van der Waals surface area contributed by atoms with E-state index in [1.807, 2.05) is 42.6 Å². The van der Waals surface area contributed by atoms with E-state index in [1.54, 1.807) is 11.3 Å². The van der Waals surface area contributed by atoms with Gasteiger partial charge in [0.05, 0.1) is 0 Å². The average Bonchev–Trinajstić information content (AvgIpc) is 2.68. The minimum Gasteiger partial charge on any atom is -0.309 e. The Bertz CT molecular complexity index is 547. The maximum absolute atomic E-state index is 12.1. The number of ketones is 1. The van der Waals surface area contributed by atoms with Crippen LogP contribution in [-0.2, 0) is 0 Å². The van der Waals surface area contributed by atoms with Crippen molar-refractivity contribution in [1.82, 2.24) is 4.90 Å². The molecule has 90 valence electrons. The molecule has 0 spiro atoms. The van der Waals surface area contributed by atoms with Crippen molar-refractivity contribution < 1.29 is 4.79 Å². The van der Waals surface area contributed by atoms with Gasteiger partial charge in [0.1, 0.15) is 0 Å². The highest BCUT2D eigenvalue weighted by Gasteiger charge is 2.12. The van der Waals surface area contributed by atoms with Crippen LogP contribution in [0.3, 0.4) is 0 Å². The van der Waals surface area contributed by atoms with Crippen LogP contribution >= 0.6 is 27.3 Å². The van der Waals surface area contributed by atoms with Gasteiger partial charge in [-0.1, -0.05) is 15.9 Å². The van der Waals surface area contributed by atoms with Crippen LogP contribution in [0.15, 0.2) is 28.1 Å². The summed E-state index contributed by atoms with van der Waals surface area (Å²) in [6, 6.07) is 6.08. The molecule has 17 heavy (non-hydrogen) atoms. The highest BCUT2D eigenvalue weighted by atomic mass is 79.9. The number of benzene rings is 1. The van der Waals surface area contributed by atoms with Gasteiger partial charge in [-0.15, -0.1) is 11.3 Å². The van der Waals surface area contributed by atoms with Gasteiger partial charge in [-0.3, -0.25) is 4.79 Å². The fraction of sp³-hybridized carbons (Fsp3) is 0.308. The number of rotatable bonds is 4. The maximum Gasteiger partial charge on any atom is 0.165 e. The van der Waals surface area contributed by atoms with Crippen molar-refractivity contribution in [2.24, 2.45) is 0 Å². The summed E-state index contributed by atoms with van der Waals surface area (Å²) in [5.74, 6) is 0.225. The van der Waals surface area contributed by atoms with Crippen molar-refractivity contribution >= 4 is 43.1 Å². The van der Waals surface area contributed by atoms with E-state index in [0.29, 0.717) is 6.42 Å². The van der Waals surface area contributed by atoms with Crippen molar-refractivity contribution in [3.05, 3.63) is 33.6 Å². The first-order valence-corrected chi connectivity index (χ1v) is 7.10. The Labute approximate surface area is 113 Å². The van der Waals surface area contributed by atoms with Gasteiger partial charge in [0, 0.05) is 38.5 Å². The molecule has 0 bridgehead atoms. The fourth-order valence-electron chi connectivity index (χ4n) is 1.68. The van der Waals surface area contributed by atoms with Crippen molar-refractivity contribution in [3.63, 3.8) is 0 Å². The summed E-state index contributed by atoms with van der Waals surface area (Å²) < 4.78 is 2.19. The second-order valence-corrected chi connectivity index (χ2v) is 6.09. The number of nitrogens with zero attached hydrogens (tertiary/aromatic N) is 1. The summed E-state index contributed by atoms with van der Waals surface area (Å²) in [5.41, 5.74) is 0.855. The normalized spacial score (nSPS) is 11.3. The van der Waals surface area contributed by atoms with Gasteiger partial charge < -0.3 is 4.90 Å². The number of thiophene rings is 1. The zero-order chi connectivity index (χ0) is 12.4. The zero-order valence-corrected chi connectivity index (χ0v) is 12.3. The SMILES string of the molecule is CN(C)CCC(=O)c1csc2ccc(Br)cc12. The molecule has 0 aliphatic rings. The molecule has 1 heterocycles. The van der Waals surface area contributed by atoms with Gasteiger partial charge >= 0.3 is 0 Å².